The first-order chi connectivity index (χ1) is 11.6. The lowest BCUT2D eigenvalue weighted by Gasteiger charge is -2.28. The van der Waals surface area contributed by atoms with E-state index in [1.54, 1.807) is 19.1 Å². The molecule has 0 radical (unpaired) electrons. The second kappa shape index (κ2) is 9.20. The number of Topliss-reactive ketones (excluding diaryl/α,β-unsaturated/α-hetero) is 1. The molecule has 0 aromatic heterocycles. The van der Waals surface area contributed by atoms with Gasteiger partial charge in [0.25, 0.3) is 0 Å². The lowest BCUT2D eigenvalue weighted by atomic mass is 10.1. The van der Waals surface area contributed by atoms with Crippen LogP contribution in [0.2, 0.25) is 0 Å². The second-order valence-electron chi connectivity index (χ2n) is 6.71. The Morgan fingerprint density at radius 3 is 2.84 bits per heavy atom. The number of hydrogen-bond acceptors (Lipinski definition) is 4. The lowest BCUT2D eigenvalue weighted by Crippen LogP contribution is -2.42. The van der Waals surface area contributed by atoms with E-state index in [0.717, 1.165) is 32.4 Å². The zero-order valence-electron chi connectivity index (χ0n) is 14.7. The Hall–Kier alpha value is -1.59. The summed E-state index contributed by atoms with van der Waals surface area (Å²) in [5, 5.41) is 3.42. The predicted molar refractivity (Wildman–Crippen MR) is 99.6 cm³/mol. The van der Waals surface area contributed by atoms with Gasteiger partial charge in [-0.2, -0.15) is 0 Å². The van der Waals surface area contributed by atoms with E-state index in [2.05, 4.69) is 10.2 Å². The minimum absolute atomic E-state index is 0. The fraction of sp³-hybridized carbons (Fsp3) is 0.579. The molecule has 2 atom stereocenters. The summed E-state index contributed by atoms with van der Waals surface area (Å²) in [6.07, 6.45) is 4.56. The zero-order valence-corrected chi connectivity index (χ0v) is 15.5. The molecular weight excluding hydrogens is 340 g/mol. The first-order valence-electron chi connectivity index (χ1n) is 8.91. The van der Waals surface area contributed by atoms with Gasteiger partial charge in [0, 0.05) is 30.6 Å². The van der Waals surface area contributed by atoms with Crippen molar-refractivity contribution in [2.45, 2.75) is 51.1 Å². The van der Waals surface area contributed by atoms with Crippen molar-refractivity contribution in [3.8, 4) is 5.75 Å². The molecule has 0 saturated carbocycles. The molecule has 6 heteroatoms. The maximum Gasteiger partial charge on any atom is 0.223 e. The van der Waals surface area contributed by atoms with Crippen LogP contribution in [0.1, 0.15) is 49.4 Å². The van der Waals surface area contributed by atoms with Crippen LogP contribution in [0.25, 0.3) is 0 Å². The molecule has 2 aliphatic rings. The highest BCUT2D eigenvalue weighted by atomic mass is 35.5. The molecule has 2 fully saturated rings. The van der Waals surface area contributed by atoms with Gasteiger partial charge in [-0.05, 0) is 51.3 Å². The van der Waals surface area contributed by atoms with E-state index < -0.39 is 0 Å². The molecule has 2 saturated heterocycles. The number of nitrogens with zero attached hydrogens (tertiary/aromatic N) is 1. The van der Waals surface area contributed by atoms with Crippen LogP contribution in [-0.4, -0.2) is 48.4 Å². The average molecular weight is 367 g/mol. The molecule has 2 heterocycles. The van der Waals surface area contributed by atoms with Crippen LogP contribution < -0.4 is 10.1 Å². The molecule has 1 amide bonds. The second-order valence-corrected chi connectivity index (χ2v) is 6.71. The van der Waals surface area contributed by atoms with Crippen molar-refractivity contribution >= 4 is 24.1 Å². The predicted octanol–water partition coefficient (Wildman–Crippen LogP) is 2.82. The minimum atomic E-state index is 0. The van der Waals surface area contributed by atoms with E-state index in [4.69, 9.17) is 4.74 Å². The van der Waals surface area contributed by atoms with Crippen molar-refractivity contribution in [3.63, 3.8) is 0 Å². The molecular formula is C19H27ClN2O3. The molecule has 1 N–H and O–H groups in total. The van der Waals surface area contributed by atoms with Crippen LogP contribution in [0.4, 0.5) is 0 Å². The first kappa shape index (κ1) is 19.7. The van der Waals surface area contributed by atoms with E-state index in [-0.39, 0.29) is 24.1 Å². The fourth-order valence-corrected chi connectivity index (χ4v) is 3.74. The molecule has 25 heavy (non-hydrogen) atoms. The summed E-state index contributed by atoms with van der Waals surface area (Å²) >= 11 is 0. The van der Waals surface area contributed by atoms with E-state index in [9.17, 15) is 9.59 Å². The van der Waals surface area contributed by atoms with Gasteiger partial charge >= 0.3 is 0 Å². The smallest absolute Gasteiger partial charge is 0.223 e. The number of carbonyl (C=O) groups excluding carboxylic acids is 2. The van der Waals surface area contributed by atoms with Gasteiger partial charge in [-0.15, -0.1) is 12.4 Å². The Morgan fingerprint density at radius 1 is 1.24 bits per heavy atom. The van der Waals surface area contributed by atoms with E-state index in [1.165, 1.54) is 0 Å². The highest BCUT2D eigenvalue weighted by molar-refractivity contribution is 5.94. The van der Waals surface area contributed by atoms with E-state index in [1.807, 2.05) is 12.1 Å². The third kappa shape index (κ3) is 4.95. The Labute approximate surface area is 155 Å². The summed E-state index contributed by atoms with van der Waals surface area (Å²) < 4.78 is 5.69. The molecule has 5 nitrogen and oxygen atoms in total. The number of halogens is 1. The molecule has 2 bridgehead atoms. The van der Waals surface area contributed by atoms with Crippen LogP contribution in [0.5, 0.6) is 5.75 Å². The molecule has 1 aromatic carbocycles. The number of nitrogens with one attached hydrogen (secondary N) is 1. The van der Waals surface area contributed by atoms with Gasteiger partial charge in [-0.25, -0.2) is 0 Å². The molecule has 1 aromatic rings. The summed E-state index contributed by atoms with van der Waals surface area (Å²) in [5.74, 6) is 0.974. The molecule has 3 rings (SSSR count). The van der Waals surface area contributed by atoms with Crippen LogP contribution >= 0.6 is 12.4 Å². The normalized spacial score (nSPS) is 22.0. The van der Waals surface area contributed by atoms with E-state index in [0.29, 0.717) is 42.8 Å². The highest BCUT2D eigenvalue weighted by Crippen LogP contribution is 2.28. The van der Waals surface area contributed by atoms with Crippen LogP contribution in [0.3, 0.4) is 0 Å². The Balaban J connectivity index is 0.00000225. The van der Waals surface area contributed by atoms with Crippen molar-refractivity contribution in [1.82, 2.24) is 10.2 Å². The largest absolute Gasteiger partial charge is 0.494 e. The summed E-state index contributed by atoms with van der Waals surface area (Å²) in [6, 6.07) is 7.99. The molecule has 138 valence electrons. The Bertz CT molecular complexity index is 594. The Kier molecular flexibility index (Phi) is 7.26. The van der Waals surface area contributed by atoms with Crippen molar-refractivity contribution in [3.05, 3.63) is 29.8 Å². The molecule has 0 aliphatic carbocycles. The molecule has 0 spiro atoms. The lowest BCUT2D eigenvalue weighted by molar-refractivity contribution is -0.134. The third-order valence-electron chi connectivity index (χ3n) is 4.99. The summed E-state index contributed by atoms with van der Waals surface area (Å²) in [6.45, 7) is 3.98. The average Bonchev–Trinajstić information content (AvgIpc) is 2.84. The Morgan fingerprint density at radius 2 is 2.04 bits per heavy atom. The maximum atomic E-state index is 12.6. The number of benzene rings is 1. The number of hydrogen-bond donors (Lipinski definition) is 1. The maximum absolute atomic E-state index is 12.6. The number of rotatable bonds is 6. The van der Waals surface area contributed by atoms with Gasteiger partial charge in [-0.3, -0.25) is 9.59 Å². The molecule has 2 unspecified atom stereocenters. The number of amides is 1. The van der Waals surface area contributed by atoms with Gasteiger partial charge < -0.3 is 15.0 Å². The summed E-state index contributed by atoms with van der Waals surface area (Å²) in [5.41, 5.74) is 0.650. The SMILES string of the molecule is CC(=O)c1cccc(OCCCC(=O)N2C3CCNCC2CC3)c1.Cl. The van der Waals surface area contributed by atoms with Gasteiger partial charge in [0.15, 0.2) is 5.78 Å². The standard InChI is InChI=1S/C19H26N2O3.ClH/c1-14(22)15-4-2-5-18(12-15)24-11-3-6-19(23)21-16-7-8-17(21)13-20-10-9-16;/h2,4-5,12,16-17,20H,3,6-11,13H2,1H3;1H. The van der Waals surface area contributed by atoms with Crippen molar-refractivity contribution in [1.29, 1.82) is 0 Å². The van der Waals surface area contributed by atoms with Crippen molar-refractivity contribution in [2.75, 3.05) is 19.7 Å². The van der Waals surface area contributed by atoms with Gasteiger partial charge in [-0.1, -0.05) is 12.1 Å². The zero-order chi connectivity index (χ0) is 16.9. The summed E-state index contributed by atoms with van der Waals surface area (Å²) in [4.78, 5) is 26.1. The minimum Gasteiger partial charge on any atom is -0.494 e. The number of ketones is 1. The quantitative estimate of drug-likeness (QED) is 0.621. The van der Waals surface area contributed by atoms with Gasteiger partial charge in [0.05, 0.1) is 6.61 Å². The highest BCUT2D eigenvalue weighted by Gasteiger charge is 2.37. The van der Waals surface area contributed by atoms with Crippen molar-refractivity contribution < 1.29 is 14.3 Å². The van der Waals surface area contributed by atoms with Crippen LogP contribution in [0.15, 0.2) is 24.3 Å². The van der Waals surface area contributed by atoms with Crippen LogP contribution in [0, 0.1) is 0 Å². The number of carbonyl (C=O) groups is 2. The first-order valence-corrected chi connectivity index (χ1v) is 8.91. The number of ether oxygens (including phenoxy) is 1. The van der Waals surface area contributed by atoms with Crippen molar-refractivity contribution in [2.24, 2.45) is 0 Å². The summed E-state index contributed by atoms with van der Waals surface area (Å²) in [7, 11) is 0. The fourth-order valence-electron chi connectivity index (χ4n) is 3.74. The topological polar surface area (TPSA) is 58.6 Å². The van der Waals surface area contributed by atoms with Gasteiger partial charge in [0.2, 0.25) is 5.91 Å². The van der Waals surface area contributed by atoms with Crippen LogP contribution in [-0.2, 0) is 4.79 Å². The molecule has 2 aliphatic heterocycles. The van der Waals surface area contributed by atoms with E-state index >= 15 is 0 Å². The monoisotopic (exact) mass is 366 g/mol. The van der Waals surface area contributed by atoms with Gasteiger partial charge in [0.1, 0.15) is 5.75 Å². The number of fused-ring (bicyclic) bond motifs is 2. The third-order valence-corrected chi connectivity index (χ3v) is 4.99.